The molecule has 11 nitrogen and oxygen atoms in total. The number of rotatable bonds is 9. The zero-order valence-electron chi connectivity index (χ0n) is 30.0. The van der Waals surface area contributed by atoms with Crippen molar-refractivity contribution < 1.29 is 23.4 Å². The van der Waals surface area contributed by atoms with Crippen LogP contribution in [0.3, 0.4) is 0 Å². The van der Waals surface area contributed by atoms with Crippen LogP contribution in [0.4, 0.5) is 5.95 Å². The van der Waals surface area contributed by atoms with Gasteiger partial charge in [0.15, 0.2) is 17.0 Å². The first-order valence-electron chi connectivity index (χ1n) is 17.4. The van der Waals surface area contributed by atoms with Gasteiger partial charge < -0.3 is 18.6 Å². The van der Waals surface area contributed by atoms with Crippen molar-refractivity contribution in [1.29, 1.82) is 0 Å². The summed E-state index contributed by atoms with van der Waals surface area (Å²) < 4.78 is 29.8. The third kappa shape index (κ3) is 5.94. The predicted molar refractivity (Wildman–Crippen MR) is 197 cm³/mol. The highest BCUT2D eigenvalue weighted by molar-refractivity contribution is 6.99. The standard InChI is InChI=1S/C39H45N5O6Si/c1-25(2)34(45)42-36-41-33-30(35(46)43-36)40-24-44(33)39(26-17-11-8-12-18-26)32-31(49-38(6,7)50-32)29(48-39)23-47-51(37(3,4)5,27-19-13-9-14-20-27)28-21-15-10-16-22-28/h8-22,24-25,29,31-32H,23H2,1-7H3,(H2,41,42,43,45,46)/t29-,31-,32-,39+/m1/s1. The van der Waals surface area contributed by atoms with Crippen LogP contribution < -0.4 is 21.2 Å². The maximum absolute atomic E-state index is 13.4. The minimum Gasteiger partial charge on any atom is -0.405 e. The number of anilines is 1. The van der Waals surface area contributed by atoms with Crippen molar-refractivity contribution in [3.05, 3.63) is 113 Å². The van der Waals surface area contributed by atoms with E-state index in [0.717, 1.165) is 15.9 Å². The van der Waals surface area contributed by atoms with Gasteiger partial charge >= 0.3 is 0 Å². The molecule has 4 atom stereocenters. The highest BCUT2D eigenvalue weighted by Crippen LogP contribution is 2.51. The largest absolute Gasteiger partial charge is 0.405 e. The van der Waals surface area contributed by atoms with Crippen LogP contribution >= 0.6 is 0 Å². The molecular formula is C39H45N5O6Si. The second kappa shape index (κ2) is 12.9. The molecule has 2 aliphatic rings. The average molecular weight is 708 g/mol. The van der Waals surface area contributed by atoms with Crippen molar-refractivity contribution in [3.8, 4) is 0 Å². The van der Waals surface area contributed by atoms with Crippen LogP contribution in [-0.2, 0) is 29.2 Å². The number of aromatic nitrogens is 4. The first-order valence-corrected chi connectivity index (χ1v) is 19.3. The van der Waals surface area contributed by atoms with Crippen LogP contribution in [0, 0.1) is 5.92 Å². The monoisotopic (exact) mass is 707 g/mol. The molecule has 3 aromatic carbocycles. The van der Waals surface area contributed by atoms with Gasteiger partial charge in [-0.25, -0.2) is 4.98 Å². The Kier molecular flexibility index (Phi) is 8.87. The van der Waals surface area contributed by atoms with Gasteiger partial charge in [-0.05, 0) is 29.3 Å². The van der Waals surface area contributed by atoms with E-state index >= 15 is 0 Å². The molecule has 2 N–H and O–H groups in total. The van der Waals surface area contributed by atoms with E-state index in [1.54, 1.807) is 24.7 Å². The van der Waals surface area contributed by atoms with Crippen molar-refractivity contribution >= 4 is 41.7 Å². The number of nitrogens with one attached hydrogen (secondary N) is 2. The molecule has 4 heterocycles. The molecule has 1 amide bonds. The maximum Gasteiger partial charge on any atom is 0.280 e. The number of aromatic amines is 1. The van der Waals surface area contributed by atoms with E-state index in [4.69, 9.17) is 23.6 Å². The summed E-state index contributed by atoms with van der Waals surface area (Å²) in [5.74, 6) is -1.56. The lowest BCUT2D eigenvalue weighted by atomic mass is 9.94. The normalized spacial score (nSPS) is 23.1. The lowest BCUT2D eigenvalue weighted by molar-refractivity contribution is -0.221. The number of hydrogen-bond donors (Lipinski definition) is 2. The van der Waals surface area contributed by atoms with Crippen molar-refractivity contribution in [2.75, 3.05) is 11.9 Å². The summed E-state index contributed by atoms with van der Waals surface area (Å²) in [6, 6.07) is 30.6. The Hall–Kier alpha value is -4.46. The molecule has 266 valence electrons. The number of amides is 1. The summed E-state index contributed by atoms with van der Waals surface area (Å²) in [5, 5.41) is 4.76. The number of H-pyrrole nitrogens is 1. The van der Waals surface area contributed by atoms with Crippen molar-refractivity contribution in [3.63, 3.8) is 0 Å². The smallest absolute Gasteiger partial charge is 0.280 e. The summed E-state index contributed by atoms with van der Waals surface area (Å²) in [4.78, 5) is 37.9. The molecule has 2 aromatic heterocycles. The Labute approximate surface area is 298 Å². The lowest BCUT2D eigenvalue weighted by Crippen LogP contribution is -2.67. The topological polar surface area (TPSA) is 130 Å². The van der Waals surface area contributed by atoms with E-state index in [2.05, 4.69) is 84.6 Å². The number of carbonyl (C=O) groups is 1. The minimum absolute atomic E-state index is 0.0150. The Balaban J connectivity index is 1.38. The zero-order valence-corrected chi connectivity index (χ0v) is 31.0. The van der Waals surface area contributed by atoms with Gasteiger partial charge in [-0.3, -0.25) is 24.5 Å². The van der Waals surface area contributed by atoms with E-state index in [1.165, 1.54) is 0 Å². The van der Waals surface area contributed by atoms with E-state index in [9.17, 15) is 9.59 Å². The highest BCUT2D eigenvalue weighted by atomic mass is 28.4. The highest BCUT2D eigenvalue weighted by Gasteiger charge is 2.65. The van der Waals surface area contributed by atoms with Gasteiger partial charge in [0.05, 0.1) is 6.61 Å². The van der Waals surface area contributed by atoms with Gasteiger partial charge in [0.1, 0.15) is 24.6 Å². The Morgan fingerprint density at radius 1 is 0.941 bits per heavy atom. The Bertz CT molecular complexity index is 2040. The maximum atomic E-state index is 13.4. The van der Waals surface area contributed by atoms with Crippen LogP contribution in [0.25, 0.3) is 11.2 Å². The van der Waals surface area contributed by atoms with Crippen LogP contribution in [-0.4, -0.2) is 64.4 Å². The molecule has 0 aliphatic carbocycles. The van der Waals surface area contributed by atoms with Gasteiger partial charge in [0.25, 0.3) is 13.9 Å². The van der Waals surface area contributed by atoms with E-state index in [-0.39, 0.29) is 40.6 Å². The molecule has 5 aromatic rings. The molecule has 7 rings (SSSR count). The number of imidazole rings is 1. The third-order valence-corrected chi connectivity index (χ3v) is 14.8. The van der Waals surface area contributed by atoms with E-state index in [1.807, 2.05) is 56.3 Å². The molecule has 0 bridgehead atoms. The lowest BCUT2D eigenvalue weighted by Gasteiger charge is -2.44. The summed E-state index contributed by atoms with van der Waals surface area (Å²) in [6.45, 7) is 14.2. The Morgan fingerprint density at radius 3 is 2.10 bits per heavy atom. The average Bonchev–Trinajstić information content (AvgIpc) is 3.76. The van der Waals surface area contributed by atoms with Crippen molar-refractivity contribution in [1.82, 2.24) is 19.5 Å². The number of benzene rings is 3. The van der Waals surface area contributed by atoms with Crippen LogP contribution in [0.2, 0.25) is 5.04 Å². The summed E-state index contributed by atoms with van der Waals surface area (Å²) in [7, 11) is -2.97. The fourth-order valence-corrected chi connectivity index (χ4v) is 12.1. The van der Waals surface area contributed by atoms with E-state index < -0.39 is 43.7 Å². The van der Waals surface area contributed by atoms with E-state index in [0.29, 0.717) is 0 Å². The number of ether oxygens (including phenoxy) is 3. The second-order valence-electron chi connectivity index (χ2n) is 15.1. The predicted octanol–water partition coefficient (Wildman–Crippen LogP) is 4.91. The summed E-state index contributed by atoms with van der Waals surface area (Å²) >= 11 is 0. The van der Waals surface area contributed by atoms with Crippen LogP contribution in [0.15, 0.2) is 102 Å². The van der Waals surface area contributed by atoms with Gasteiger partial charge in [-0.2, -0.15) is 4.98 Å². The van der Waals surface area contributed by atoms with Crippen molar-refractivity contribution in [2.45, 2.75) is 83.3 Å². The Morgan fingerprint density at radius 2 is 1.53 bits per heavy atom. The number of carbonyl (C=O) groups excluding carboxylic acids is 1. The molecule has 2 aliphatic heterocycles. The number of nitrogens with zero attached hydrogens (tertiary/aromatic N) is 3. The molecule has 0 saturated carbocycles. The van der Waals surface area contributed by atoms with Gasteiger partial charge in [-0.15, -0.1) is 0 Å². The van der Waals surface area contributed by atoms with Crippen molar-refractivity contribution in [2.24, 2.45) is 5.92 Å². The summed E-state index contributed by atoms with van der Waals surface area (Å²) in [6.07, 6.45) is -0.337. The molecule has 0 unspecified atom stereocenters. The molecule has 51 heavy (non-hydrogen) atoms. The van der Waals surface area contributed by atoms with Gasteiger partial charge in [0.2, 0.25) is 17.6 Å². The molecule has 0 radical (unpaired) electrons. The van der Waals surface area contributed by atoms with Crippen LogP contribution in [0.5, 0.6) is 0 Å². The quantitative estimate of drug-likeness (QED) is 0.207. The third-order valence-electron chi connectivity index (χ3n) is 9.81. The molecule has 2 saturated heterocycles. The molecule has 0 spiro atoms. The summed E-state index contributed by atoms with van der Waals surface area (Å²) in [5.41, 5.74) is -0.802. The molecule has 2 fully saturated rings. The minimum atomic E-state index is -2.97. The SMILES string of the molecule is CC(C)C(=O)Nc1nc2c(ncn2[C@@]2(c3ccccc3)O[C@H](CO[Si](c3ccccc3)(c3ccccc3)C(C)(C)C)[C@H]3OC(C)(C)O[C@H]32)c(=O)[nH]1. The second-order valence-corrected chi connectivity index (χ2v) is 19.4. The fraction of sp³-hybridized carbons (Fsp3) is 0.385. The zero-order chi connectivity index (χ0) is 36.2. The van der Waals surface area contributed by atoms with Gasteiger partial charge in [0, 0.05) is 11.5 Å². The van der Waals surface area contributed by atoms with Gasteiger partial charge in [-0.1, -0.05) is 126 Å². The first-order chi connectivity index (χ1) is 24.3. The fourth-order valence-electron chi connectivity index (χ4n) is 7.54. The number of fused-ring (bicyclic) bond motifs is 2. The molecular weight excluding hydrogens is 663 g/mol. The first kappa shape index (κ1) is 35.0. The molecule has 12 heteroatoms. The van der Waals surface area contributed by atoms with Crippen LogP contribution in [0.1, 0.15) is 54.0 Å². The number of hydrogen-bond acceptors (Lipinski definition) is 8.